The number of hydrogen-bond acceptors (Lipinski definition) is 3. The minimum absolute atomic E-state index is 0.00483. The van der Waals surface area contributed by atoms with E-state index in [4.69, 9.17) is 16.3 Å². The van der Waals surface area contributed by atoms with E-state index < -0.39 is 27.3 Å². The summed E-state index contributed by atoms with van der Waals surface area (Å²) in [5, 5.41) is 0.0136. The third kappa shape index (κ3) is 3.64. The van der Waals surface area contributed by atoms with Crippen LogP contribution >= 0.6 is 11.6 Å². The molecule has 1 radical (unpaired) electrons. The van der Waals surface area contributed by atoms with Crippen LogP contribution in [-0.2, 0) is 16.0 Å². The average molecular weight is 451 g/mol. The molecule has 1 heterocycles. The second-order valence-electron chi connectivity index (χ2n) is 6.32. The molecule has 0 atom stereocenters. The van der Waals surface area contributed by atoms with Gasteiger partial charge < -0.3 is 9.72 Å². The molecule has 4 aromatic rings. The fourth-order valence-electron chi connectivity index (χ4n) is 2.98. The first kappa shape index (κ1) is 20.3. The van der Waals surface area contributed by atoms with Gasteiger partial charge in [-0.3, -0.25) is 0 Å². The number of ether oxygens (including phenoxy) is 1. The van der Waals surface area contributed by atoms with E-state index in [2.05, 4.69) is 11.1 Å². The quantitative estimate of drug-likeness (QED) is 0.399. The zero-order valence-electron chi connectivity index (χ0n) is 15.0. The van der Waals surface area contributed by atoms with Crippen molar-refractivity contribution >= 4 is 32.3 Å². The zero-order chi connectivity index (χ0) is 21.5. The van der Waals surface area contributed by atoms with Gasteiger partial charge in [-0.2, -0.15) is 13.2 Å². The lowest BCUT2D eigenvalue weighted by molar-refractivity contribution is -0.138. The molecule has 0 fully saturated rings. The maximum Gasteiger partial charge on any atom is 0.420 e. The molecule has 153 valence electrons. The number of aromatic amines is 1. The first-order valence-electron chi connectivity index (χ1n) is 8.54. The van der Waals surface area contributed by atoms with Gasteiger partial charge in [0.15, 0.2) is 5.75 Å². The summed E-state index contributed by atoms with van der Waals surface area (Å²) in [6.45, 7) is 0. The molecule has 3 aromatic carbocycles. The fraction of sp³-hybridized carbons (Fsp3) is 0.0476. The summed E-state index contributed by atoms with van der Waals surface area (Å²) in [6, 6.07) is 16.3. The van der Waals surface area contributed by atoms with E-state index in [1.54, 1.807) is 18.2 Å². The van der Waals surface area contributed by atoms with Crippen molar-refractivity contribution < 1.29 is 26.3 Å². The smallest absolute Gasteiger partial charge is 0.420 e. The van der Waals surface area contributed by atoms with Crippen molar-refractivity contribution in [2.45, 2.75) is 16.0 Å². The molecule has 0 aliphatic carbocycles. The lowest BCUT2D eigenvalue weighted by Gasteiger charge is -2.15. The van der Waals surface area contributed by atoms with Crippen LogP contribution in [0.1, 0.15) is 5.56 Å². The second-order valence-corrected chi connectivity index (χ2v) is 8.65. The Morgan fingerprint density at radius 3 is 2.47 bits per heavy atom. The molecular weight excluding hydrogens is 439 g/mol. The highest BCUT2D eigenvalue weighted by molar-refractivity contribution is 7.91. The summed E-state index contributed by atoms with van der Waals surface area (Å²) in [7, 11) is -3.85. The normalized spacial score (nSPS) is 12.3. The summed E-state index contributed by atoms with van der Waals surface area (Å²) in [6.07, 6.45) is -3.36. The molecule has 0 aliphatic heterocycles. The van der Waals surface area contributed by atoms with Gasteiger partial charge in [-0.05, 0) is 48.5 Å². The predicted octanol–water partition coefficient (Wildman–Crippen LogP) is 6.27. The Morgan fingerprint density at radius 1 is 1.03 bits per heavy atom. The number of hydrogen-bond donors (Lipinski definition) is 1. The van der Waals surface area contributed by atoms with Gasteiger partial charge in [-0.25, -0.2) is 8.42 Å². The summed E-state index contributed by atoms with van der Waals surface area (Å²) in [4.78, 5) is 2.94. The topological polar surface area (TPSA) is 59.2 Å². The van der Waals surface area contributed by atoms with Gasteiger partial charge in [-0.15, -0.1) is 0 Å². The van der Waals surface area contributed by atoms with E-state index in [0.29, 0.717) is 5.52 Å². The minimum atomic E-state index is -4.70. The van der Waals surface area contributed by atoms with Crippen LogP contribution in [0.25, 0.3) is 10.9 Å². The molecule has 0 aliphatic rings. The highest BCUT2D eigenvalue weighted by Crippen LogP contribution is 2.42. The first-order valence-corrected chi connectivity index (χ1v) is 10.4. The molecule has 0 saturated heterocycles. The van der Waals surface area contributed by atoms with Crippen molar-refractivity contribution in [3.63, 3.8) is 0 Å². The Labute approximate surface area is 174 Å². The fourth-order valence-corrected chi connectivity index (χ4v) is 4.62. The van der Waals surface area contributed by atoms with Crippen molar-refractivity contribution in [1.29, 1.82) is 0 Å². The molecule has 1 aromatic heterocycles. The Bertz CT molecular complexity index is 1330. The highest BCUT2D eigenvalue weighted by atomic mass is 35.5. The zero-order valence-corrected chi connectivity index (χ0v) is 16.6. The SMILES string of the molecule is O=S(=O)(c1ccccc1)c1c[nH]c2ccc(Oc3c(Cl)c[c]cc3C(F)(F)F)cc12. The van der Waals surface area contributed by atoms with Gasteiger partial charge >= 0.3 is 6.18 Å². The van der Waals surface area contributed by atoms with Crippen molar-refractivity contribution in [2.24, 2.45) is 0 Å². The van der Waals surface area contributed by atoms with Gasteiger partial charge in [0, 0.05) is 17.1 Å². The van der Waals surface area contributed by atoms with Crippen molar-refractivity contribution in [2.75, 3.05) is 0 Å². The van der Waals surface area contributed by atoms with Crippen molar-refractivity contribution in [1.82, 2.24) is 4.98 Å². The summed E-state index contributed by atoms with van der Waals surface area (Å²) in [5.41, 5.74) is -0.596. The maximum atomic E-state index is 13.3. The molecule has 4 nitrogen and oxygen atoms in total. The van der Waals surface area contributed by atoms with Crippen molar-refractivity contribution in [3.8, 4) is 11.5 Å². The summed E-state index contributed by atoms with van der Waals surface area (Å²) < 4.78 is 71.3. The molecule has 0 unspecified atom stereocenters. The summed E-state index contributed by atoms with van der Waals surface area (Å²) in [5.74, 6) is -0.574. The van der Waals surface area contributed by atoms with Gasteiger partial charge in [0.05, 0.1) is 14.8 Å². The molecule has 0 spiro atoms. The molecule has 0 amide bonds. The van der Waals surface area contributed by atoms with Gasteiger partial charge in [0.25, 0.3) is 0 Å². The van der Waals surface area contributed by atoms with Gasteiger partial charge in [-0.1, -0.05) is 29.8 Å². The molecule has 1 N–H and O–H groups in total. The van der Waals surface area contributed by atoms with Crippen LogP contribution in [0.15, 0.2) is 76.7 Å². The first-order chi connectivity index (χ1) is 14.2. The number of benzene rings is 3. The minimum Gasteiger partial charge on any atom is -0.455 e. The lowest BCUT2D eigenvalue weighted by Crippen LogP contribution is -2.07. The maximum absolute atomic E-state index is 13.3. The third-order valence-electron chi connectivity index (χ3n) is 4.38. The van der Waals surface area contributed by atoms with Crippen LogP contribution in [-0.4, -0.2) is 13.4 Å². The lowest BCUT2D eigenvalue weighted by atomic mass is 10.2. The van der Waals surface area contributed by atoms with Crippen LogP contribution in [0.4, 0.5) is 13.2 Å². The number of alkyl halides is 3. The van der Waals surface area contributed by atoms with Crippen LogP contribution in [0.5, 0.6) is 11.5 Å². The Balaban J connectivity index is 1.81. The molecule has 9 heteroatoms. The van der Waals surface area contributed by atoms with E-state index in [1.165, 1.54) is 36.5 Å². The van der Waals surface area contributed by atoms with E-state index in [1.807, 2.05) is 0 Å². The van der Waals surface area contributed by atoms with E-state index >= 15 is 0 Å². The molecule has 0 bridgehead atoms. The number of nitrogens with one attached hydrogen (secondary N) is 1. The van der Waals surface area contributed by atoms with Crippen molar-refractivity contribution in [3.05, 3.63) is 83.5 Å². The van der Waals surface area contributed by atoms with Crippen LogP contribution in [0, 0.1) is 6.07 Å². The predicted molar refractivity (Wildman–Crippen MR) is 106 cm³/mol. The second kappa shape index (κ2) is 7.37. The largest absolute Gasteiger partial charge is 0.455 e. The van der Waals surface area contributed by atoms with E-state index in [0.717, 1.165) is 12.1 Å². The summed E-state index contributed by atoms with van der Waals surface area (Å²) >= 11 is 5.91. The Hall–Kier alpha value is -2.97. The number of H-pyrrole nitrogens is 1. The average Bonchev–Trinajstić information content (AvgIpc) is 3.13. The molecule has 4 rings (SSSR count). The number of halogens is 4. The van der Waals surface area contributed by atoms with E-state index in [9.17, 15) is 21.6 Å². The van der Waals surface area contributed by atoms with Crippen LogP contribution in [0.3, 0.4) is 0 Å². The standard InChI is InChI=1S/C21H12ClF3NO3S/c22-17-8-4-7-16(21(23,24)25)20(17)29-13-9-10-18-15(11-13)19(12-26-18)30(27,28)14-5-2-1-3-6-14/h1-3,5-12,26H. The monoisotopic (exact) mass is 450 g/mol. The Kier molecular flexibility index (Phi) is 4.99. The number of rotatable bonds is 4. The van der Waals surface area contributed by atoms with Gasteiger partial charge in [0.1, 0.15) is 11.3 Å². The molecule has 0 saturated carbocycles. The Morgan fingerprint density at radius 2 is 1.77 bits per heavy atom. The third-order valence-corrected chi connectivity index (χ3v) is 6.47. The number of fused-ring (bicyclic) bond motifs is 1. The number of sulfone groups is 1. The molecule has 30 heavy (non-hydrogen) atoms. The highest BCUT2D eigenvalue weighted by Gasteiger charge is 2.35. The van der Waals surface area contributed by atoms with E-state index in [-0.39, 0.29) is 25.9 Å². The van der Waals surface area contributed by atoms with Crippen LogP contribution in [0.2, 0.25) is 5.02 Å². The van der Waals surface area contributed by atoms with Crippen LogP contribution < -0.4 is 4.74 Å². The van der Waals surface area contributed by atoms with Gasteiger partial charge in [0.2, 0.25) is 9.84 Å². The molecular formula is C21H12ClF3NO3S. The number of aromatic nitrogens is 1.